The molecule has 0 N–H and O–H groups in total. The number of ether oxygens (including phenoxy) is 2. The molecule has 3 heterocycles. The van der Waals surface area contributed by atoms with Crippen molar-refractivity contribution in [1.29, 1.82) is 0 Å². The predicted octanol–water partition coefficient (Wildman–Crippen LogP) is 2.34. The number of rotatable bonds is 2. The molecule has 0 unspecified atom stereocenters. The molecule has 2 aliphatic rings. The Hall–Kier alpha value is -1.76. The topological polar surface area (TPSA) is 67.8 Å². The lowest BCUT2D eigenvalue weighted by molar-refractivity contribution is 0.0687. The Kier molecular flexibility index (Phi) is 4.75. The molecule has 23 heavy (non-hydrogen) atoms. The van der Waals surface area contributed by atoms with Crippen LogP contribution in [-0.2, 0) is 4.74 Å². The van der Waals surface area contributed by atoms with Gasteiger partial charge in [-0.1, -0.05) is 11.6 Å². The highest BCUT2D eigenvalue weighted by Crippen LogP contribution is 2.36. The fourth-order valence-corrected chi connectivity index (χ4v) is 3.20. The number of halogens is 1. The third-order valence-corrected chi connectivity index (χ3v) is 4.36. The van der Waals surface area contributed by atoms with Gasteiger partial charge in [0.2, 0.25) is 0 Å². The summed E-state index contributed by atoms with van der Waals surface area (Å²) in [7, 11) is 0. The average Bonchev–Trinajstić information content (AvgIpc) is 2.54. The van der Waals surface area contributed by atoms with Crippen LogP contribution in [0, 0.1) is 0 Å². The lowest BCUT2D eigenvalue weighted by Crippen LogP contribution is -2.49. The first kappa shape index (κ1) is 16.1. The minimum Gasteiger partial charge on any atom is -0.485 e. The highest BCUT2D eigenvalue weighted by Gasteiger charge is 2.32. The SMILES string of the molecule is CC(C)OC(=O)N1CCC(N2CCOc3c(Cl)ncnc32)CC1. The van der Waals surface area contributed by atoms with Gasteiger partial charge in [-0.3, -0.25) is 0 Å². The minimum absolute atomic E-state index is 0.0924. The fourth-order valence-electron chi connectivity index (χ4n) is 3.02. The van der Waals surface area contributed by atoms with E-state index in [0.29, 0.717) is 36.6 Å². The minimum atomic E-state index is -0.230. The summed E-state index contributed by atoms with van der Waals surface area (Å²) in [6, 6.07) is 0.312. The van der Waals surface area contributed by atoms with E-state index < -0.39 is 0 Å². The second-order valence-corrected chi connectivity index (χ2v) is 6.37. The molecule has 0 radical (unpaired) electrons. The molecule has 1 aromatic rings. The molecule has 0 atom stereocenters. The smallest absolute Gasteiger partial charge is 0.410 e. The molecule has 1 fully saturated rings. The van der Waals surface area contributed by atoms with Gasteiger partial charge in [0, 0.05) is 19.1 Å². The molecule has 1 amide bonds. The third-order valence-electron chi connectivity index (χ3n) is 4.09. The summed E-state index contributed by atoms with van der Waals surface area (Å²) in [5, 5.41) is 0.345. The van der Waals surface area contributed by atoms with Crippen molar-refractivity contribution in [2.75, 3.05) is 31.1 Å². The molecule has 0 aliphatic carbocycles. The summed E-state index contributed by atoms with van der Waals surface area (Å²) in [6.45, 7) is 6.41. The maximum absolute atomic E-state index is 12.0. The molecule has 0 saturated carbocycles. The van der Waals surface area contributed by atoms with Crippen molar-refractivity contribution in [3.63, 3.8) is 0 Å². The number of amides is 1. The molecular weight excluding hydrogens is 320 g/mol. The van der Waals surface area contributed by atoms with Crippen molar-refractivity contribution >= 4 is 23.5 Å². The van der Waals surface area contributed by atoms with Crippen LogP contribution in [0.1, 0.15) is 26.7 Å². The molecule has 126 valence electrons. The van der Waals surface area contributed by atoms with Crippen LogP contribution in [0.15, 0.2) is 6.33 Å². The number of carbonyl (C=O) groups is 1. The van der Waals surface area contributed by atoms with E-state index in [9.17, 15) is 4.79 Å². The van der Waals surface area contributed by atoms with Gasteiger partial charge in [0.25, 0.3) is 0 Å². The van der Waals surface area contributed by atoms with E-state index in [4.69, 9.17) is 21.1 Å². The van der Waals surface area contributed by atoms with E-state index in [1.165, 1.54) is 6.33 Å². The number of piperidine rings is 1. The Morgan fingerprint density at radius 3 is 2.78 bits per heavy atom. The van der Waals surface area contributed by atoms with Crippen LogP contribution in [0.25, 0.3) is 0 Å². The van der Waals surface area contributed by atoms with Crippen molar-refractivity contribution < 1.29 is 14.3 Å². The van der Waals surface area contributed by atoms with Gasteiger partial charge in [-0.15, -0.1) is 0 Å². The third kappa shape index (κ3) is 3.44. The Morgan fingerprint density at radius 2 is 2.09 bits per heavy atom. The number of nitrogens with zero attached hydrogens (tertiary/aromatic N) is 4. The zero-order valence-electron chi connectivity index (χ0n) is 13.4. The van der Waals surface area contributed by atoms with Crippen molar-refractivity contribution in [3.05, 3.63) is 11.5 Å². The summed E-state index contributed by atoms with van der Waals surface area (Å²) in [6.07, 6.45) is 2.87. The molecule has 0 bridgehead atoms. The van der Waals surface area contributed by atoms with Crippen LogP contribution in [0.2, 0.25) is 5.15 Å². The number of hydrogen-bond acceptors (Lipinski definition) is 6. The van der Waals surface area contributed by atoms with Gasteiger partial charge in [-0.25, -0.2) is 14.8 Å². The molecule has 3 rings (SSSR count). The highest BCUT2D eigenvalue weighted by molar-refractivity contribution is 6.31. The van der Waals surface area contributed by atoms with Gasteiger partial charge in [-0.2, -0.15) is 0 Å². The monoisotopic (exact) mass is 340 g/mol. The highest BCUT2D eigenvalue weighted by atomic mass is 35.5. The zero-order chi connectivity index (χ0) is 16.4. The average molecular weight is 341 g/mol. The first-order valence-corrected chi connectivity index (χ1v) is 8.29. The van der Waals surface area contributed by atoms with Crippen molar-refractivity contribution in [1.82, 2.24) is 14.9 Å². The molecule has 7 nitrogen and oxygen atoms in total. The first-order chi connectivity index (χ1) is 11.1. The first-order valence-electron chi connectivity index (χ1n) is 7.91. The lowest BCUT2D eigenvalue weighted by atomic mass is 10.0. The van der Waals surface area contributed by atoms with E-state index in [0.717, 1.165) is 25.2 Å². The lowest BCUT2D eigenvalue weighted by Gasteiger charge is -2.40. The van der Waals surface area contributed by atoms with Crippen LogP contribution >= 0.6 is 11.6 Å². The molecular formula is C15H21ClN4O3. The van der Waals surface area contributed by atoms with E-state index in [1.807, 2.05) is 13.8 Å². The molecule has 1 aromatic heterocycles. The van der Waals surface area contributed by atoms with Gasteiger partial charge < -0.3 is 19.3 Å². The molecule has 0 spiro atoms. The van der Waals surface area contributed by atoms with Gasteiger partial charge >= 0.3 is 6.09 Å². The number of fused-ring (bicyclic) bond motifs is 1. The normalized spacial score (nSPS) is 18.6. The summed E-state index contributed by atoms with van der Waals surface area (Å²) in [5.74, 6) is 1.31. The number of likely N-dealkylation sites (tertiary alicyclic amines) is 1. The van der Waals surface area contributed by atoms with E-state index >= 15 is 0 Å². The summed E-state index contributed by atoms with van der Waals surface area (Å²) in [5.41, 5.74) is 0. The quantitative estimate of drug-likeness (QED) is 0.770. The van der Waals surface area contributed by atoms with Crippen LogP contribution in [0.4, 0.5) is 10.6 Å². The standard InChI is InChI=1S/C15H21ClN4O3/c1-10(2)23-15(21)19-5-3-11(4-6-19)20-7-8-22-12-13(16)17-9-18-14(12)20/h9-11H,3-8H2,1-2H3. The van der Waals surface area contributed by atoms with Crippen LogP contribution in [0.5, 0.6) is 5.75 Å². The number of aromatic nitrogens is 2. The maximum atomic E-state index is 12.0. The van der Waals surface area contributed by atoms with E-state index in [-0.39, 0.29) is 12.2 Å². The predicted molar refractivity (Wildman–Crippen MR) is 86.1 cm³/mol. The van der Waals surface area contributed by atoms with Crippen molar-refractivity contribution in [3.8, 4) is 5.75 Å². The van der Waals surface area contributed by atoms with Gasteiger partial charge in [-0.05, 0) is 26.7 Å². The Balaban J connectivity index is 1.65. The van der Waals surface area contributed by atoms with Crippen molar-refractivity contribution in [2.24, 2.45) is 0 Å². The van der Waals surface area contributed by atoms with Crippen molar-refractivity contribution in [2.45, 2.75) is 38.8 Å². The molecule has 1 saturated heterocycles. The second-order valence-electron chi connectivity index (χ2n) is 6.01. The van der Waals surface area contributed by atoms with E-state index in [2.05, 4.69) is 14.9 Å². The van der Waals surface area contributed by atoms with Crippen LogP contribution in [-0.4, -0.2) is 59.3 Å². The molecule has 2 aliphatic heterocycles. The molecule has 8 heteroatoms. The second kappa shape index (κ2) is 6.78. The Morgan fingerprint density at radius 1 is 1.35 bits per heavy atom. The zero-order valence-corrected chi connectivity index (χ0v) is 14.1. The van der Waals surface area contributed by atoms with Crippen LogP contribution < -0.4 is 9.64 Å². The number of carbonyl (C=O) groups excluding carboxylic acids is 1. The maximum Gasteiger partial charge on any atom is 0.410 e. The van der Waals surface area contributed by atoms with Gasteiger partial charge in [0.1, 0.15) is 12.9 Å². The summed E-state index contributed by atoms with van der Waals surface area (Å²) >= 11 is 6.09. The largest absolute Gasteiger partial charge is 0.485 e. The van der Waals surface area contributed by atoms with Gasteiger partial charge in [0.05, 0.1) is 12.6 Å². The number of anilines is 1. The summed E-state index contributed by atoms with van der Waals surface area (Å²) < 4.78 is 10.9. The van der Waals surface area contributed by atoms with Gasteiger partial charge in [0.15, 0.2) is 16.7 Å². The number of hydrogen-bond donors (Lipinski definition) is 0. The molecule has 0 aromatic carbocycles. The van der Waals surface area contributed by atoms with E-state index in [1.54, 1.807) is 4.90 Å². The Labute approximate surface area is 140 Å². The van der Waals surface area contributed by atoms with Crippen LogP contribution in [0.3, 0.4) is 0 Å². The Bertz CT molecular complexity index is 576. The summed E-state index contributed by atoms with van der Waals surface area (Å²) in [4.78, 5) is 24.3. The fraction of sp³-hybridized carbons (Fsp3) is 0.667.